The monoisotopic (exact) mass is 130 g/mol. The summed E-state index contributed by atoms with van der Waals surface area (Å²) in [6.07, 6.45) is -0.440. The van der Waals surface area contributed by atoms with Crippen LogP contribution < -0.4 is 0 Å². The molecule has 9 heavy (non-hydrogen) atoms. The average Bonchev–Trinajstić information content (AvgIpc) is 1.82. The second kappa shape index (κ2) is 4.77. The Kier molecular flexibility index (Phi) is 4.72. The van der Waals surface area contributed by atoms with Crippen LogP contribution in [0.25, 0.3) is 0 Å². The van der Waals surface area contributed by atoms with Gasteiger partial charge < -0.3 is 10.0 Å². The van der Waals surface area contributed by atoms with Crippen LogP contribution in [0.2, 0.25) is 0 Å². The van der Waals surface area contributed by atoms with Gasteiger partial charge in [0, 0.05) is 6.54 Å². The smallest absolute Gasteiger partial charge is 0.0668 e. The van der Waals surface area contributed by atoms with Crippen LogP contribution in [0.5, 0.6) is 0 Å². The molecule has 0 rings (SSSR count). The summed E-state index contributed by atoms with van der Waals surface area (Å²) in [6, 6.07) is 0. The van der Waals surface area contributed by atoms with Crippen LogP contribution in [0.3, 0.4) is 0 Å². The predicted octanol–water partition coefficient (Wildman–Crippen LogP) is 0.523. The Hall–Kier alpha value is -0.0800. The molecule has 2 nitrogen and oxygen atoms in total. The molecule has 1 atom stereocenters. The summed E-state index contributed by atoms with van der Waals surface area (Å²) in [4.78, 5) is 2.14. The van der Waals surface area contributed by atoms with Gasteiger partial charge in [-0.1, -0.05) is 13.8 Å². The summed E-state index contributed by atoms with van der Waals surface area (Å²) < 4.78 is 0. The highest BCUT2D eigenvalue weighted by molar-refractivity contribution is 4.62. The molecule has 1 radical (unpaired) electrons. The predicted molar refractivity (Wildman–Crippen MR) is 39.2 cm³/mol. The summed E-state index contributed by atoms with van der Waals surface area (Å²) in [6.45, 7) is 10.3. The zero-order valence-electron chi connectivity index (χ0n) is 6.30. The summed E-state index contributed by atoms with van der Waals surface area (Å²) in [5.74, 6) is 0. The van der Waals surface area contributed by atoms with Crippen LogP contribution in [-0.4, -0.2) is 35.7 Å². The van der Waals surface area contributed by atoms with Crippen molar-refractivity contribution < 1.29 is 5.11 Å². The second-order valence-corrected chi connectivity index (χ2v) is 2.14. The van der Waals surface area contributed by atoms with E-state index >= 15 is 0 Å². The summed E-state index contributed by atoms with van der Waals surface area (Å²) in [5, 5.41) is 8.83. The Bertz CT molecular complexity index is 59.9. The summed E-state index contributed by atoms with van der Waals surface area (Å²) in [7, 11) is 0. The zero-order valence-corrected chi connectivity index (χ0v) is 6.30. The van der Waals surface area contributed by atoms with Crippen molar-refractivity contribution in [2.45, 2.75) is 20.0 Å². The fourth-order valence-electron chi connectivity index (χ4n) is 0.780. The van der Waals surface area contributed by atoms with Gasteiger partial charge >= 0.3 is 0 Å². The van der Waals surface area contributed by atoms with E-state index in [0.717, 1.165) is 13.1 Å². The lowest BCUT2D eigenvalue weighted by Crippen LogP contribution is -2.30. The average molecular weight is 130 g/mol. The van der Waals surface area contributed by atoms with Crippen molar-refractivity contribution >= 4 is 0 Å². The highest BCUT2D eigenvalue weighted by Gasteiger charge is 2.01. The number of rotatable bonds is 4. The molecule has 0 spiro atoms. The second-order valence-electron chi connectivity index (χ2n) is 2.14. The first-order chi connectivity index (χ1) is 4.20. The maximum absolute atomic E-state index is 8.83. The number of nitrogens with zero attached hydrogens (tertiary/aromatic N) is 1. The molecule has 0 saturated heterocycles. The first kappa shape index (κ1) is 8.92. The number of aliphatic hydroxyl groups excluding tert-OH is 1. The molecule has 0 aliphatic heterocycles. The van der Waals surface area contributed by atoms with Gasteiger partial charge in [0.15, 0.2) is 0 Å². The van der Waals surface area contributed by atoms with Gasteiger partial charge in [-0.05, 0) is 20.0 Å². The quantitative estimate of drug-likeness (QED) is 0.600. The molecular formula is C7H16NO. The van der Waals surface area contributed by atoms with Crippen molar-refractivity contribution in [2.24, 2.45) is 0 Å². The third kappa shape index (κ3) is 4.43. The van der Waals surface area contributed by atoms with Gasteiger partial charge in [0.2, 0.25) is 0 Å². The molecule has 0 aromatic carbocycles. The largest absolute Gasteiger partial charge is 0.392 e. The van der Waals surface area contributed by atoms with Crippen molar-refractivity contribution in [3.8, 4) is 0 Å². The van der Waals surface area contributed by atoms with E-state index in [1.54, 1.807) is 0 Å². The normalized spacial score (nSPS) is 14.3. The minimum absolute atomic E-state index is 0.440. The minimum atomic E-state index is -0.440. The van der Waals surface area contributed by atoms with Gasteiger partial charge in [0.25, 0.3) is 0 Å². The molecule has 0 aromatic heterocycles. The standard InChI is InChI=1S/C7H16NO/c1-4-8(5-2)6-7(3)9/h7,9H,3-6H2,1-2H3/t7-/m1/s1. The van der Waals surface area contributed by atoms with Crippen LogP contribution in [0.15, 0.2) is 0 Å². The van der Waals surface area contributed by atoms with E-state index in [-0.39, 0.29) is 0 Å². The Morgan fingerprint density at radius 3 is 2.00 bits per heavy atom. The Labute approximate surface area is 57.5 Å². The van der Waals surface area contributed by atoms with Gasteiger partial charge in [-0.25, -0.2) is 0 Å². The van der Waals surface area contributed by atoms with Crippen LogP contribution in [0, 0.1) is 6.92 Å². The first-order valence-electron chi connectivity index (χ1n) is 3.44. The number of aliphatic hydroxyl groups is 1. The maximum Gasteiger partial charge on any atom is 0.0668 e. The van der Waals surface area contributed by atoms with Crippen molar-refractivity contribution in [3.05, 3.63) is 6.92 Å². The van der Waals surface area contributed by atoms with Gasteiger partial charge in [-0.3, -0.25) is 0 Å². The van der Waals surface area contributed by atoms with Gasteiger partial charge in [0.05, 0.1) is 6.10 Å². The molecule has 0 aliphatic carbocycles. The lowest BCUT2D eigenvalue weighted by Gasteiger charge is -2.18. The molecule has 2 heteroatoms. The molecular weight excluding hydrogens is 114 g/mol. The van der Waals surface area contributed by atoms with Crippen molar-refractivity contribution in [1.29, 1.82) is 0 Å². The van der Waals surface area contributed by atoms with Gasteiger partial charge in [-0.15, -0.1) is 0 Å². The molecule has 0 aromatic rings. The molecule has 0 bridgehead atoms. The number of hydrogen-bond donors (Lipinski definition) is 1. The highest BCUT2D eigenvalue weighted by Crippen LogP contribution is 1.88. The lowest BCUT2D eigenvalue weighted by atomic mass is 10.3. The van der Waals surface area contributed by atoms with E-state index in [9.17, 15) is 0 Å². The lowest BCUT2D eigenvalue weighted by molar-refractivity contribution is 0.152. The molecule has 0 unspecified atom stereocenters. The molecule has 55 valence electrons. The van der Waals surface area contributed by atoms with Crippen LogP contribution in [0.4, 0.5) is 0 Å². The molecule has 0 aliphatic rings. The van der Waals surface area contributed by atoms with Crippen LogP contribution in [-0.2, 0) is 0 Å². The van der Waals surface area contributed by atoms with E-state index < -0.39 is 6.10 Å². The van der Waals surface area contributed by atoms with E-state index in [4.69, 9.17) is 5.11 Å². The van der Waals surface area contributed by atoms with Crippen molar-refractivity contribution in [2.75, 3.05) is 19.6 Å². The molecule has 0 amide bonds. The first-order valence-corrected chi connectivity index (χ1v) is 3.44. The van der Waals surface area contributed by atoms with Crippen LogP contribution in [0.1, 0.15) is 13.8 Å². The topological polar surface area (TPSA) is 23.5 Å². The van der Waals surface area contributed by atoms with E-state index in [1.807, 2.05) is 0 Å². The maximum atomic E-state index is 8.83. The van der Waals surface area contributed by atoms with Gasteiger partial charge in [0.1, 0.15) is 0 Å². The van der Waals surface area contributed by atoms with E-state index in [1.165, 1.54) is 0 Å². The van der Waals surface area contributed by atoms with Gasteiger partial charge in [-0.2, -0.15) is 0 Å². The SMILES string of the molecule is [CH2][C@@H](O)CN(CC)CC. The number of hydrogen-bond acceptors (Lipinski definition) is 2. The van der Waals surface area contributed by atoms with Crippen LogP contribution >= 0.6 is 0 Å². The Morgan fingerprint density at radius 2 is 1.89 bits per heavy atom. The molecule has 0 heterocycles. The summed E-state index contributed by atoms with van der Waals surface area (Å²) >= 11 is 0. The Morgan fingerprint density at radius 1 is 1.44 bits per heavy atom. The van der Waals surface area contributed by atoms with Crippen molar-refractivity contribution in [1.82, 2.24) is 4.90 Å². The summed E-state index contributed by atoms with van der Waals surface area (Å²) in [5.41, 5.74) is 0. The highest BCUT2D eigenvalue weighted by atomic mass is 16.3. The fourth-order valence-corrected chi connectivity index (χ4v) is 0.780. The Balaban J connectivity index is 3.31. The molecule has 0 fully saturated rings. The number of likely N-dealkylation sites (N-methyl/N-ethyl adjacent to an activating group) is 1. The fraction of sp³-hybridized carbons (Fsp3) is 0.857. The third-order valence-electron chi connectivity index (χ3n) is 1.36. The van der Waals surface area contributed by atoms with E-state index in [0.29, 0.717) is 6.54 Å². The minimum Gasteiger partial charge on any atom is -0.392 e. The third-order valence-corrected chi connectivity index (χ3v) is 1.36. The zero-order chi connectivity index (χ0) is 7.28. The van der Waals surface area contributed by atoms with E-state index in [2.05, 4.69) is 25.7 Å². The molecule has 1 N–H and O–H groups in total. The van der Waals surface area contributed by atoms with Crippen molar-refractivity contribution in [3.63, 3.8) is 0 Å². The molecule has 0 saturated carbocycles.